The van der Waals surface area contributed by atoms with Crippen molar-refractivity contribution in [1.82, 2.24) is 5.32 Å². The molecule has 3 aromatic rings. The van der Waals surface area contributed by atoms with Gasteiger partial charge in [0.15, 0.2) is 0 Å². The van der Waals surface area contributed by atoms with E-state index in [4.69, 9.17) is 0 Å². The zero-order valence-electron chi connectivity index (χ0n) is 15.5. The fraction of sp³-hybridized carbons (Fsp3) is 0.174. The van der Waals surface area contributed by atoms with Gasteiger partial charge in [-0.05, 0) is 66.4 Å². The highest BCUT2D eigenvalue weighted by molar-refractivity contribution is 5.76. The Hall–Kier alpha value is -2.85. The molecule has 27 heavy (non-hydrogen) atoms. The molecule has 0 aliphatic carbocycles. The maximum Gasteiger partial charge on any atom is 0.150 e. The molecule has 0 saturated carbocycles. The van der Waals surface area contributed by atoms with E-state index in [9.17, 15) is 13.6 Å². The van der Waals surface area contributed by atoms with E-state index in [1.54, 1.807) is 13.0 Å². The van der Waals surface area contributed by atoms with Gasteiger partial charge in [0.05, 0.1) is 0 Å². The van der Waals surface area contributed by atoms with Crippen LogP contribution in [0.5, 0.6) is 0 Å². The zero-order valence-corrected chi connectivity index (χ0v) is 15.5. The lowest BCUT2D eigenvalue weighted by Crippen LogP contribution is -2.13. The van der Waals surface area contributed by atoms with Crippen molar-refractivity contribution < 1.29 is 13.6 Å². The Bertz CT molecular complexity index is 879. The van der Waals surface area contributed by atoms with Crippen LogP contribution in [0, 0.1) is 25.5 Å². The number of aldehydes is 1. The molecule has 3 rings (SSSR count). The SMILES string of the molecule is Cc1cc(F)ccc1C=O.Cc1cc(F)ccc1CNCc1ccccc1. The summed E-state index contributed by atoms with van der Waals surface area (Å²) in [6, 6.07) is 19.2. The average Bonchev–Trinajstić information content (AvgIpc) is 2.65. The van der Waals surface area contributed by atoms with Gasteiger partial charge in [0, 0.05) is 18.7 Å². The molecule has 0 radical (unpaired) electrons. The van der Waals surface area contributed by atoms with Gasteiger partial charge in [0.1, 0.15) is 17.9 Å². The Balaban J connectivity index is 0.000000223. The maximum absolute atomic E-state index is 12.9. The number of carbonyl (C=O) groups is 1. The lowest BCUT2D eigenvalue weighted by atomic mass is 10.1. The van der Waals surface area contributed by atoms with Crippen molar-refractivity contribution in [1.29, 1.82) is 0 Å². The Morgan fingerprint density at radius 1 is 0.815 bits per heavy atom. The van der Waals surface area contributed by atoms with Crippen LogP contribution in [-0.2, 0) is 13.1 Å². The number of hydrogen-bond acceptors (Lipinski definition) is 2. The van der Waals surface area contributed by atoms with Crippen molar-refractivity contribution in [3.05, 3.63) is 106 Å². The second kappa shape index (κ2) is 10.3. The fourth-order valence-electron chi connectivity index (χ4n) is 2.57. The van der Waals surface area contributed by atoms with Gasteiger partial charge in [-0.25, -0.2) is 8.78 Å². The van der Waals surface area contributed by atoms with Crippen LogP contribution in [0.15, 0.2) is 66.7 Å². The van der Waals surface area contributed by atoms with Crippen molar-refractivity contribution in [3.63, 3.8) is 0 Å². The van der Waals surface area contributed by atoms with E-state index < -0.39 is 0 Å². The summed E-state index contributed by atoms with van der Waals surface area (Å²) < 4.78 is 25.3. The molecular weight excluding hydrogens is 344 g/mol. The zero-order chi connectivity index (χ0) is 19.6. The molecule has 3 aromatic carbocycles. The molecule has 0 bridgehead atoms. The minimum Gasteiger partial charge on any atom is -0.309 e. The number of aryl methyl sites for hydroxylation is 2. The summed E-state index contributed by atoms with van der Waals surface area (Å²) in [6.45, 7) is 5.23. The predicted octanol–water partition coefficient (Wildman–Crippen LogP) is 5.37. The third-order valence-corrected chi connectivity index (χ3v) is 4.15. The standard InChI is InChI=1S/C15H16FN.C8H7FO/c1-12-9-15(16)8-7-14(12)11-17-10-13-5-3-2-4-6-13;1-6-4-8(9)3-2-7(6)5-10/h2-9,17H,10-11H2,1H3;2-5H,1H3. The summed E-state index contributed by atoms with van der Waals surface area (Å²) in [7, 11) is 0. The molecule has 0 atom stereocenters. The summed E-state index contributed by atoms with van der Waals surface area (Å²) in [5.41, 5.74) is 4.61. The summed E-state index contributed by atoms with van der Waals surface area (Å²) in [5, 5.41) is 3.36. The Morgan fingerprint density at radius 3 is 2.04 bits per heavy atom. The number of nitrogens with one attached hydrogen (secondary N) is 1. The first-order chi connectivity index (χ1) is 13.0. The molecule has 4 heteroatoms. The Kier molecular flexibility index (Phi) is 7.83. The molecule has 0 aliphatic heterocycles. The predicted molar refractivity (Wildman–Crippen MR) is 105 cm³/mol. The minimum atomic E-state index is -0.303. The number of carbonyl (C=O) groups excluding carboxylic acids is 1. The molecule has 0 amide bonds. The summed E-state index contributed by atoms with van der Waals surface area (Å²) in [4.78, 5) is 10.2. The highest BCUT2D eigenvalue weighted by atomic mass is 19.1. The van der Waals surface area contributed by atoms with Gasteiger partial charge in [-0.2, -0.15) is 0 Å². The smallest absolute Gasteiger partial charge is 0.150 e. The second-order valence-corrected chi connectivity index (χ2v) is 6.28. The molecule has 1 N–H and O–H groups in total. The molecule has 0 aromatic heterocycles. The Morgan fingerprint density at radius 2 is 1.44 bits per heavy atom. The highest BCUT2D eigenvalue weighted by Crippen LogP contribution is 2.10. The minimum absolute atomic E-state index is 0.172. The van der Waals surface area contributed by atoms with Gasteiger partial charge in [0.2, 0.25) is 0 Å². The van der Waals surface area contributed by atoms with Crippen LogP contribution in [0.25, 0.3) is 0 Å². The first-order valence-corrected chi connectivity index (χ1v) is 8.70. The van der Waals surface area contributed by atoms with E-state index in [0.29, 0.717) is 11.1 Å². The van der Waals surface area contributed by atoms with E-state index in [0.717, 1.165) is 30.5 Å². The lowest BCUT2D eigenvalue weighted by Gasteiger charge is -2.08. The molecule has 0 spiro atoms. The number of halogens is 2. The molecule has 0 unspecified atom stereocenters. The molecule has 0 heterocycles. The van der Waals surface area contributed by atoms with Gasteiger partial charge >= 0.3 is 0 Å². The van der Waals surface area contributed by atoms with Gasteiger partial charge in [-0.3, -0.25) is 4.79 Å². The van der Waals surface area contributed by atoms with Crippen LogP contribution in [0.3, 0.4) is 0 Å². The first-order valence-electron chi connectivity index (χ1n) is 8.70. The van der Waals surface area contributed by atoms with E-state index in [-0.39, 0.29) is 11.6 Å². The van der Waals surface area contributed by atoms with Crippen molar-refractivity contribution in [2.45, 2.75) is 26.9 Å². The van der Waals surface area contributed by atoms with Crippen molar-refractivity contribution in [3.8, 4) is 0 Å². The molecule has 0 fully saturated rings. The molecule has 0 saturated heterocycles. The molecule has 0 aliphatic rings. The Labute approximate surface area is 158 Å². The van der Waals surface area contributed by atoms with Crippen molar-refractivity contribution in [2.75, 3.05) is 0 Å². The maximum atomic E-state index is 12.9. The monoisotopic (exact) mass is 367 g/mol. The quantitative estimate of drug-likeness (QED) is 0.614. The average molecular weight is 367 g/mol. The molecule has 2 nitrogen and oxygen atoms in total. The van der Waals surface area contributed by atoms with Crippen LogP contribution in [-0.4, -0.2) is 6.29 Å². The number of benzene rings is 3. The van der Waals surface area contributed by atoms with Crippen molar-refractivity contribution >= 4 is 6.29 Å². The van der Waals surface area contributed by atoms with Gasteiger partial charge in [-0.15, -0.1) is 0 Å². The molecule has 140 valence electrons. The third-order valence-electron chi connectivity index (χ3n) is 4.15. The van der Waals surface area contributed by atoms with Crippen LogP contribution < -0.4 is 5.32 Å². The van der Waals surface area contributed by atoms with Gasteiger partial charge in [-0.1, -0.05) is 36.4 Å². The highest BCUT2D eigenvalue weighted by Gasteiger charge is 1.99. The number of rotatable bonds is 5. The topological polar surface area (TPSA) is 29.1 Å². The third kappa shape index (κ3) is 6.76. The van der Waals surface area contributed by atoms with Gasteiger partial charge < -0.3 is 5.32 Å². The van der Waals surface area contributed by atoms with Crippen molar-refractivity contribution in [2.24, 2.45) is 0 Å². The second-order valence-electron chi connectivity index (χ2n) is 6.28. The van der Waals surface area contributed by atoms with E-state index >= 15 is 0 Å². The van der Waals surface area contributed by atoms with Crippen LogP contribution in [0.1, 0.15) is 32.6 Å². The summed E-state index contributed by atoms with van der Waals surface area (Å²) >= 11 is 0. The van der Waals surface area contributed by atoms with Gasteiger partial charge in [0.25, 0.3) is 0 Å². The van der Waals surface area contributed by atoms with E-state index in [2.05, 4.69) is 17.4 Å². The molecular formula is C23H23F2NO. The largest absolute Gasteiger partial charge is 0.309 e. The normalized spacial score (nSPS) is 10.1. The van der Waals surface area contributed by atoms with Crippen LogP contribution >= 0.6 is 0 Å². The number of hydrogen-bond donors (Lipinski definition) is 1. The lowest BCUT2D eigenvalue weighted by molar-refractivity contribution is 0.112. The fourth-order valence-corrected chi connectivity index (χ4v) is 2.57. The summed E-state index contributed by atoms with van der Waals surface area (Å²) in [6.07, 6.45) is 0.717. The van der Waals surface area contributed by atoms with E-state index in [1.807, 2.05) is 31.2 Å². The summed E-state index contributed by atoms with van der Waals surface area (Å²) in [5.74, 6) is -0.475. The van der Waals surface area contributed by atoms with Crippen LogP contribution in [0.2, 0.25) is 0 Å². The van der Waals surface area contributed by atoms with Crippen LogP contribution in [0.4, 0.5) is 8.78 Å². The van der Waals surface area contributed by atoms with E-state index in [1.165, 1.54) is 29.8 Å². The first kappa shape index (κ1) is 20.5.